The smallest absolute Gasteiger partial charge is 0.408 e. The summed E-state index contributed by atoms with van der Waals surface area (Å²) in [6.45, 7) is 16.1. The summed E-state index contributed by atoms with van der Waals surface area (Å²) in [6, 6.07) is 2.51. The van der Waals surface area contributed by atoms with Gasteiger partial charge in [0.1, 0.15) is 53.9 Å². The summed E-state index contributed by atoms with van der Waals surface area (Å²) in [5.74, 6) is -3.44. The van der Waals surface area contributed by atoms with Gasteiger partial charge in [0, 0.05) is 6.42 Å². The lowest BCUT2D eigenvalue weighted by atomic mass is 9.87. The molecular weight excluding hydrogens is 754 g/mol. The highest BCUT2D eigenvalue weighted by atomic mass is 16.7. The Kier molecular flexibility index (Phi) is 14.6. The predicted molar refractivity (Wildman–Crippen MR) is 207 cm³/mol. The summed E-state index contributed by atoms with van der Waals surface area (Å²) in [5.41, 5.74) is 2.36. The van der Waals surface area contributed by atoms with E-state index < -0.39 is 95.7 Å². The Balaban J connectivity index is 1.81. The first-order valence-corrected chi connectivity index (χ1v) is 19.8. The summed E-state index contributed by atoms with van der Waals surface area (Å²) in [6.07, 6.45) is -0.447. The zero-order valence-electron chi connectivity index (χ0n) is 35.2. The first kappa shape index (κ1) is 45.5. The molecule has 0 unspecified atom stereocenters. The number of hydrogen-bond acceptors (Lipinski definition) is 15. The molecule has 2 aliphatic rings. The molecule has 2 fully saturated rings. The van der Waals surface area contributed by atoms with Crippen LogP contribution in [0.25, 0.3) is 5.52 Å². The maximum absolute atomic E-state index is 14.3. The molecule has 1 saturated carbocycles. The second kappa shape index (κ2) is 18.6. The van der Waals surface area contributed by atoms with Crippen molar-refractivity contribution in [3.8, 4) is 6.07 Å². The van der Waals surface area contributed by atoms with Crippen LogP contribution in [0.3, 0.4) is 0 Å². The van der Waals surface area contributed by atoms with Crippen molar-refractivity contribution in [1.29, 1.82) is 5.26 Å². The van der Waals surface area contributed by atoms with Gasteiger partial charge in [0.05, 0.1) is 5.69 Å². The van der Waals surface area contributed by atoms with Gasteiger partial charge in [-0.05, 0) is 84.3 Å². The van der Waals surface area contributed by atoms with Gasteiger partial charge in [-0.15, -0.1) is 0 Å². The third kappa shape index (κ3) is 11.5. The molecule has 3 heterocycles. The Morgan fingerprint density at radius 1 is 0.914 bits per heavy atom. The molecule has 2 aromatic rings. The van der Waals surface area contributed by atoms with Crippen LogP contribution in [0.4, 0.5) is 15.4 Å². The van der Waals surface area contributed by atoms with Gasteiger partial charge >= 0.3 is 30.1 Å². The minimum Gasteiger partial charge on any atom is -0.463 e. The first-order valence-electron chi connectivity index (χ1n) is 19.8. The van der Waals surface area contributed by atoms with E-state index in [0.29, 0.717) is 0 Å². The number of anilines is 1. The maximum Gasteiger partial charge on any atom is 0.408 e. The fourth-order valence-corrected chi connectivity index (χ4v) is 6.93. The average molecular weight is 814 g/mol. The van der Waals surface area contributed by atoms with Gasteiger partial charge in [-0.1, -0.05) is 47.0 Å². The predicted octanol–water partition coefficient (Wildman–Crippen LogP) is 4.86. The molecule has 4 rings (SSSR count). The molecular formula is C40H59N7O11. The number of esters is 3. The van der Waals surface area contributed by atoms with E-state index >= 15 is 0 Å². The largest absolute Gasteiger partial charge is 0.463 e. The quantitative estimate of drug-likeness (QED) is 0.181. The number of fused-ring (bicyclic) bond motifs is 1. The normalized spacial score (nSPS) is 22.4. The lowest BCUT2D eigenvalue weighted by Crippen LogP contribution is -2.53. The van der Waals surface area contributed by atoms with Gasteiger partial charge in [0.15, 0.2) is 18.0 Å². The Hall–Kier alpha value is -5.18. The van der Waals surface area contributed by atoms with Crippen LogP contribution in [-0.4, -0.2) is 92.9 Å². The number of nitrogens with zero attached hydrogens (tertiary/aromatic N) is 4. The number of aromatic nitrogens is 3. The van der Waals surface area contributed by atoms with E-state index in [1.54, 1.807) is 69.2 Å². The summed E-state index contributed by atoms with van der Waals surface area (Å²) < 4.78 is 36.6. The van der Waals surface area contributed by atoms with Crippen LogP contribution in [0, 0.1) is 29.1 Å². The van der Waals surface area contributed by atoms with Crippen LogP contribution in [0.1, 0.15) is 113 Å². The van der Waals surface area contributed by atoms with Crippen molar-refractivity contribution < 1.29 is 52.4 Å². The van der Waals surface area contributed by atoms with E-state index in [1.165, 1.54) is 16.6 Å². The molecule has 0 spiro atoms. The number of nitrogen functional groups attached to an aromatic ring is 1. The second-order valence-corrected chi connectivity index (χ2v) is 17.6. The van der Waals surface area contributed by atoms with Gasteiger partial charge in [-0.3, -0.25) is 4.79 Å². The number of amides is 2. The summed E-state index contributed by atoms with van der Waals surface area (Å²) in [5, 5.41) is 20.5. The molecule has 4 N–H and O–H groups in total. The van der Waals surface area contributed by atoms with E-state index in [4.69, 9.17) is 34.2 Å². The van der Waals surface area contributed by atoms with Crippen molar-refractivity contribution in [1.82, 2.24) is 25.2 Å². The number of alkyl carbamates (subject to hydrolysis) is 2. The third-order valence-electron chi connectivity index (χ3n) is 9.70. The molecule has 0 aromatic carbocycles. The Morgan fingerprint density at radius 3 is 1.98 bits per heavy atom. The second-order valence-electron chi connectivity index (χ2n) is 17.6. The average Bonchev–Trinajstić information content (AvgIpc) is 3.68. The van der Waals surface area contributed by atoms with Crippen LogP contribution in [-0.2, 0) is 48.4 Å². The fraction of sp³-hybridized carbons (Fsp3) is 0.700. The molecule has 58 heavy (non-hydrogen) atoms. The van der Waals surface area contributed by atoms with Crippen molar-refractivity contribution in [3.63, 3.8) is 0 Å². The fourth-order valence-electron chi connectivity index (χ4n) is 6.93. The highest BCUT2D eigenvalue weighted by Crippen LogP contribution is 2.44. The SMILES string of the molecule is CC(C)[C@H](NC(=O)OC(C)(C)C)C(=O)O[C@H]1[C@@H](OC(=O)[C@@H](NC(=O)OC(C)(C)C)C(C)C)[C@](C#N)(c2ccc3c(N)ncnn23)O[C@@H]1COC(=O)CC1CCCCC1. The van der Waals surface area contributed by atoms with E-state index in [9.17, 15) is 29.2 Å². The van der Waals surface area contributed by atoms with Crippen LogP contribution < -0.4 is 16.4 Å². The van der Waals surface area contributed by atoms with Gasteiger partial charge in [0.25, 0.3) is 0 Å². The molecule has 18 nitrogen and oxygen atoms in total. The summed E-state index contributed by atoms with van der Waals surface area (Å²) >= 11 is 0. The zero-order chi connectivity index (χ0) is 43.2. The van der Waals surface area contributed by atoms with Gasteiger partial charge < -0.3 is 44.8 Å². The molecule has 0 bridgehead atoms. The highest BCUT2D eigenvalue weighted by Gasteiger charge is 2.63. The molecule has 2 aromatic heterocycles. The van der Waals surface area contributed by atoms with Crippen molar-refractivity contribution >= 4 is 41.4 Å². The number of ether oxygens (including phenoxy) is 6. The topological polar surface area (TPSA) is 245 Å². The third-order valence-corrected chi connectivity index (χ3v) is 9.70. The lowest BCUT2D eigenvalue weighted by molar-refractivity contribution is -0.173. The van der Waals surface area contributed by atoms with Crippen LogP contribution in [0.2, 0.25) is 0 Å². The number of carbonyl (C=O) groups excluding carboxylic acids is 5. The number of nitrogens with two attached hydrogens (primary N) is 1. The number of nitriles is 1. The monoisotopic (exact) mass is 813 g/mol. The molecule has 1 aliphatic carbocycles. The van der Waals surface area contributed by atoms with Crippen LogP contribution in [0.5, 0.6) is 0 Å². The molecule has 320 valence electrons. The molecule has 2 amide bonds. The zero-order valence-corrected chi connectivity index (χ0v) is 35.2. The maximum atomic E-state index is 14.3. The first-order chi connectivity index (χ1) is 27.0. The van der Waals surface area contributed by atoms with Crippen LogP contribution in [0.15, 0.2) is 18.5 Å². The molecule has 1 aliphatic heterocycles. The van der Waals surface area contributed by atoms with E-state index in [1.807, 2.05) is 0 Å². The van der Waals surface area contributed by atoms with Crippen molar-refractivity contribution in [2.45, 2.75) is 155 Å². The molecule has 0 radical (unpaired) electrons. The number of hydrogen-bond donors (Lipinski definition) is 3. The standard InChI is InChI=1S/C40H59N7O11/c1-22(2)29(45-36(51)57-38(5,6)7)34(49)54-31-26(19-53-28(48)18-24-14-12-11-13-15-24)56-40(20-41,27-17-16-25-33(42)43-21-44-47(25)27)32(31)55-35(50)30(23(3)4)46-37(52)58-39(8,9)10/h16-17,21-24,26,29-32H,11-15,18-19H2,1-10H3,(H,45,51)(H,46,52)(H2,42,43,44)/t26-,29+,30+,31-,32-,40+/m1/s1. The van der Waals surface area contributed by atoms with E-state index in [0.717, 1.165) is 38.4 Å². The Labute approximate surface area is 339 Å². The van der Waals surface area contributed by atoms with Crippen LogP contribution >= 0.6 is 0 Å². The Morgan fingerprint density at radius 2 is 1.47 bits per heavy atom. The minimum absolute atomic E-state index is 0.0162. The Bertz CT molecular complexity index is 1840. The summed E-state index contributed by atoms with van der Waals surface area (Å²) in [4.78, 5) is 71.5. The number of carbonyl (C=O) groups is 5. The highest BCUT2D eigenvalue weighted by molar-refractivity contribution is 5.83. The molecule has 6 atom stereocenters. The number of rotatable bonds is 13. The molecule has 1 saturated heterocycles. The van der Waals surface area contributed by atoms with E-state index in [2.05, 4.69) is 26.8 Å². The van der Waals surface area contributed by atoms with Gasteiger partial charge in [-0.2, -0.15) is 10.4 Å². The molecule has 18 heteroatoms. The van der Waals surface area contributed by atoms with Gasteiger partial charge in [-0.25, -0.2) is 28.7 Å². The number of nitrogens with one attached hydrogen (secondary N) is 2. The lowest BCUT2D eigenvalue weighted by Gasteiger charge is -2.32. The minimum atomic E-state index is -2.30. The van der Waals surface area contributed by atoms with Crippen molar-refractivity contribution in [2.75, 3.05) is 12.3 Å². The van der Waals surface area contributed by atoms with E-state index in [-0.39, 0.29) is 29.4 Å². The van der Waals surface area contributed by atoms with Crippen molar-refractivity contribution in [2.24, 2.45) is 17.8 Å². The summed E-state index contributed by atoms with van der Waals surface area (Å²) in [7, 11) is 0. The van der Waals surface area contributed by atoms with Gasteiger partial charge in [0.2, 0.25) is 5.60 Å². The van der Waals surface area contributed by atoms with Crippen molar-refractivity contribution in [3.05, 3.63) is 24.2 Å².